The summed E-state index contributed by atoms with van der Waals surface area (Å²) >= 11 is 0. The summed E-state index contributed by atoms with van der Waals surface area (Å²) in [6.45, 7) is 0. The second kappa shape index (κ2) is 2.03. The molecule has 2 aromatic rings. The van der Waals surface area contributed by atoms with Crippen LogP contribution in [0.2, 0.25) is 0 Å². The van der Waals surface area contributed by atoms with E-state index in [0.717, 1.165) is 0 Å². The normalized spacial score (nSPS) is 10.8. The van der Waals surface area contributed by atoms with Gasteiger partial charge in [0.15, 0.2) is 11.3 Å². The first kappa shape index (κ1) is 6.77. The number of imidazole rings is 1. The molecule has 0 aliphatic carbocycles. The van der Waals surface area contributed by atoms with Gasteiger partial charge in [0.2, 0.25) is 5.65 Å². The maximum absolute atomic E-state index is 10.8. The fourth-order valence-corrected chi connectivity index (χ4v) is 0.999. The highest BCUT2D eigenvalue weighted by molar-refractivity contribution is 5.79. The highest BCUT2D eigenvalue weighted by Gasteiger charge is 2.11. The molecule has 0 fully saturated rings. The minimum Gasteiger partial charge on any atom is -0.379 e. The molecule has 12 heavy (non-hydrogen) atoms. The third kappa shape index (κ3) is 0.760. The van der Waals surface area contributed by atoms with Crippen LogP contribution in [0.15, 0.2) is 6.33 Å². The van der Waals surface area contributed by atoms with E-state index in [2.05, 4.69) is 15.2 Å². The Labute approximate surface area is 66.4 Å². The molecule has 0 amide bonds. The van der Waals surface area contributed by atoms with Crippen molar-refractivity contribution in [3.8, 4) is 0 Å². The number of nitrogens with one attached hydrogen (secondary N) is 1. The van der Waals surface area contributed by atoms with Crippen LogP contribution in [-0.4, -0.2) is 19.7 Å². The molecular formula is C5H7N6O+. The quantitative estimate of drug-likeness (QED) is 0.481. The SMILES string of the molecule is Cn1cnc2c(N)[nH][n+](=O)nc21. The number of nitrogen functional groups attached to an aromatic ring is 1. The van der Waals surface area contributed by atoms with Gasteiger partial charge in [0.25, 0.3) is 4.66 Å². The van der Waals surface area contributed by atoms with Crippen LogP contribution in [0.3, 0.4) is 0 Å². The van der Waals surface area contributed by atoms with E-state index in [9.17, 15) is 4.91 Å². The van der Waals surface area contributed by atoms with E-state index in [1.54, 1.807) is 17.9 Å². The third-order valence-electron chi connectivity index (χ3n) is 1.56. The molecule has 7 heteroatoms. The number of nitrogens with zero attached hydrogens (tertiary/aromatic N) is 4. The number of rotatable bonds is 0. The van der Waals surface area contributed by atoms with Gasteiger partial charge in [-0.2, -0.15) is 0 Å². The average molecular weight is 167 g/mol. The number of aryl methyl sites for hydroxylation is 1. The van der Waals surface area contributed by atoms with Crippen molar-refractivity contribution in [2.24, 2.45) is 7.05 Å². The molecular weight excluding hydrogens is 160 g/mol. The Kier molecular flexibility index (Phi) is 1.15. The number of aromatic nitrogens is 5. The summed E-state index contributed by atoms with van der Waals surface area (Å²) in [4.78, 5) is 14.7. The van der Waals surface area contributed by atoms with Gasteiger partial charge in [0.1, 0.15) is 5.10 Å². The van der Waals surface area contributed by atoms with Crippen LogP contribution in [0.25, 0.3) is 11.2 Å². The van der Waals surface area contributed by atoms with Crippen molar-refractivity contribution in [2.75, 3.05) is 5.73 Å². The molecule has 2 aromatic heterocycles. The first-order chi connectivity index (χ1) is 5.68. The van der Waals surface area contributed by atoms with Gasteiger partial charge in [-0.3, -0.25) is 0 Å². The summed E-state index contributed by atoms with van der Waals surface area (Å²) in [5.74, 6) is 0.218. The molecule has 0 saturated carbocycles. The van der Waals surface area contributed by atoms with Gasteiger partial charge in [-0.1, -0.05) is 5.10 Å². The molecule has 0 spiro atoms. The molecule has 0 aromatic carbocycles. The molecule has 0 radical (unpaired) electrons. The van der Waals surface area contributed by atoms with Crippen LogP contribution in [0, 0.1) is 4.91 Å². The molecule has 7 nitrogen and oxygen atoms in total. The molecule has 62 valence electrons. The van der Waals surface area contributed by atoms with Gasteiger partial charge in [-0.15, -0.1) is 0 Å². The Bertz CT molecular complexity index is 482. The van der Waals surface area contributed by atoms with Crippen LogP contribution in [0.4, 0.5) is 5.82 Å². The fraction of sp³-hybridized carbons (Fsp3) is 0.200. The molecule has 0 bridgehead atoms. The topological polar surface area (TPSA) is 95.5 Å². The standard InChI is InChI=1S/C5H7N6O/c1-10-2-7-3-4(6)8-11(12)9-5(3)10/h2H,1H3,(H3,6,8,9,12)/q+1. The molecule has 3 N–H and O–H groups in total. The van der Waals surface area contributed by atoms with E-state index < -0.39 is 0 Å². The van der Waals surface area contributed by atoms with E-state index in [-0.39, 0.29) is 5.82 Å². The Morgan fingerprint density at radius 1 is 1.75 bits per heavy atom. The van der Waals surface area contributed by atoms with Crippen LogP contribution in [-0.2, 0) is 7.05 Å². The van der Waals surface area contributed by atoms with Crippen molar-refractivity contribution in [3.05, 3.63) is 11.2 Å². The lowest BCUT2D eigenvalue weighted by molar-refractivity contribution is -0.624. The molecule has 0 aliphatic heterocycles. The molecule has 0 atom stereocenters. The van der Waals surface area contributed by atoms with Gasteiger partial charge in [-0.05, 0) is 0 Å². The highest BCUT2D eigenvalue weighted by Crippen LogP contribution is 2.09. The second-order valence-electron chi connectivity index (χ2n) is 2.43. The second-order valence-corrected chi connectivity index (χ2v) is 2.43. The number of hydrogen-bond acceptors (Lipinski definition) is 4. The largest absolute Gasteiger partial charge is 0.379 e. The summed E-state index contributed by atoms with van der Waals surface area (Å²) in [7, 11) is 1.74. The molecule has 2 heterocycles. The smallest absolute Gasteiger partial charge is 0.286 e. The molecule has 0 aliphatic rings. The van der Waals surface area contributed by atoms with Crippen molar-refractivity contribution in [3.63, 3.8) is 0 Å². The van der Waals surface area contributed by atoms with Gasteiger partial charge >= 0.3 is 0 Å². The van der Waals surface area contributed by atoms with Crippen LogP contribution in [0.5, 0.6) is 0 Å². The lowest BCUT2D eigenvalue weighted by atomic mass is 10.5. The van der Waals surface area contributed by atoms with Crippen molar-refractivity contribution >= 4 is 17.0 Å². The van der Waals surface area contributed by atoms with Crippen LogP contribution in [0.1, 0.15) is 0 Å². The zero-order valence-electron chi connectivity index (χ0n) is 6.35. The van der Waals surface area contributed by atoms with E-state index in [1.165, 1.54) is 0 Å². The number of aromatic amines is 1. The lowest BCUT2D eigenvalue weighted by Crippen LogP contribution is -2.26. The summed E-state index contributed by atoms with van der Waals surface area (Å²) < 4.78 is 1.92. The van der Waals surface area contributed by atoms with Crippen LogP contribution < -0.4 is 10.4 Å². The summed E-state index contributed by atoms with van der Waals surface area (Å²) in [5, 5.41) is 5.90. The number of anilines is 1. The zero-order valence-corrected chi connectivity index (χ0v) is 6.35. The summed E-state index contributed by atoms with van der Waals surface area (Å²) in [6, 6.07) is 0. The molecule has 0 unspecified atom stereocenters. The third-order valence-corrected chi connectivity index (χ3v) is 1.56. The Morgan fingerprint density at radius 3 is 3.25 bits per heavy atom. The minimum absolute atomic E-state index is 0.218. The first-order valence-corrected chi connectivity index (χ1v) is 3.28. The Hall–Kier alpha value is -1.92. The summed E-state index contributed by atoms with van der Waals surface area (Å²) in [6.07, 6.45) is 1.54. The molecule has 0 saturated heterocycles. The zero-order chi connectivity index (χ0) is 8.72. The van der Waals surface area contributed by atoms with Gasteiger partial charge in [0, 0.05) is 7.05 Å². The van der Waals surface area contributed by atoms with E-state index in [4.69, 9.17) is 5.73 Å². The predicted molar refractivity (Wildman–Crippen MR) is 40.6 cm³/mol. The van der Waals surface area contributed by atoms with Gasteiger partial charge < -0.3 is 10.3 Å². The van der Waals surface area contributed by atoms with E-state index >= 15 is 0 Å². The maximum Gasteiger partial charge on any atom is 0.286 e. The van der Waals surface area contributed by atoms with Crippen molar-refractivity contribution in [2.45, 2.75) is 0 Å². The van der Waals surface area contributed by atoms with E-state index in [1.807, 2.05) is 0 Å². The fourth-order valence-electron chi connectivity index (χ4n) is 0.999. The number of H-pyrrole nitrogens is 1. The van der Waals surface area contributed by atoms with Crippen LogP contribution >= 0.6 is 0 Å². The van der Waals surface area contributed by atoms with Gasteiger partial charge in [-0.25, -0.2) is 4.98 Å². The first-order valence-electron chi connectivity index (χ1n) is 3.28. The highest BCUT2D eigenvalue weighted by atomic mass is 16.3. The predicted octanol–water partition coefficient (Wildman–Crippen LogP) is -1.21. The lowest BCUT2D eigenvalue weighted by Gasteiger charge is -1.87. The van der Waals surface area contributed by atoms with Crippen molar-refractivity contribution in [1.29, 1.82) is 0 Å². The monoisotopic (exact) mass is 167 g/mol. The number of nitrogens with two attached hydrogens (primary N) is 1. The van der Waals surface area contributed by atoms with Crippen molar-refractivity contribution in [1.82, 2.24) is 19.7 Å². The minimum atomic E-state index is 0.218. The van der Waals surface area contributed by atoms with E-state index in [0.29, 0.717) is 15.8 Å². The van der Waals surface area contributed by atoms with Crippen molar-refractivity contribution < 1.29 is 4.66 Å². The Morgan fingerprint density at radius 2 is 2.50 bits per heavy atom. The Balaban J connectivity index is 3.02. The van der Waals surface area contributed by atoms with Gasteiger partial charge in [0.05, 0.1) is 11.2 Å². The number of hydrogen-bond donors (Lipinski definition) is 2. The molecule has 2 rings (SSSR count). The number of fused-ring (bicyclic) bond motifs is 1. The summed E-state index contributed by atoms with van der Waals surface area (Å²) in [5.41, 5.74) is 6.44. The average Bonchev–Trinajstić information content (AvgIpc) is 2.33. The maximum atomic E-state index is 10.8.